The van der Waals surface area contributed by atoms with Crippen LogP contribution >= 0.6 is 0 Å². The maximum absolute atomic E-state index is 12.1. The minimum Gasteiger partial charge on any atom is -0.396 e. The van der Waals surface area contributed by atoms with Gasteiger partial charge < -0.3 is 15.7 Å². The number of aliphatic hydroxyl groups is 1. The molecule has 0 amide bonds. The highest BCUT2D eigenvalue weighted by Gasteiger charge is 2.26. The van der Waals surface area contributed by atoms with Gasteiger partial charge in [-0.05, 0) is 31.6 Å². The SMILES string of the molecule is CCNC(=NCC(CCO)CC(C)C)NCCC(F)(F)F. The van der Waals surface area contributed by atoms with Gasteiger partial charge in [-0.2, -0.15) is 13.2 Å². The van der Waals surface area contributed by atoms with Crippen molar-refractivity contribution in [1.29, 1.82) is 0 Å². The van der Waals surface area contributed by atoms with Crippen molar-refractivity contribution in [2.45, 2.75) is 46.2 Å². The number of guanidine groups is 1. The topological polar surface area (TPSA) is 56.7 Å². The van der Waals surface area contributed by atoms with Gasteiger partial charge in [0, 0.05) is 26.2 Å². The Morgan fingerprint density at radius 3 is 2.38 bits per heavy atom. The summed E-state index contributed by atoms with van der Waals surface area (Å²) in [7, 11) is 0. The molecule has 1 atom stereocenters. The Morgan fingerprint density at radius 1 is 1.24 bits per heavy atom. The summed E-state index contributed by atoms with van der Waals surface area (Å²) in [6.07, 6.45) is -3.46. The number of halogens is 3. The lowest BCUT2D eigenvalue weighted by Crippen LogP contribution is -2.39. The number of alkyl halides is 3. The molecule has 0 aromatic carbocycles. The second-order valence-electron chi connectivity index (χ2n) is 5.52. The summed E-state index contributed by atoms with van der Waals surface area (Å²) in [5.74, 6) is 1.14. The van der Waals surface area contributed by atoms with E-state index < -0.39 is 12.6 Å². The number of nitrogens with zero attached hydrogens (tertiary/aromatic N) is 1. The van der Waals surface area contributed by atoms with E-state index in [1.807, 2.05) is 6.92 Å². The highest BCUT2D eigenvalue weighted by atomic mass is 19.4. The zero-order valence-electron chi connectivity index (χ0n) is 13.1. The standard InChI is InChI=1S/C14H28F3N3O/c1-4-18-13(19-7-6-14(15,16)17)20-10-12(5-8-21)9-11(2)3/h11-12,21H,4-10H2,1-3H3,(H2,18,19,20). The Bertz CT molecular complexity index is 294. The largest absolute Gasteiger partial charge is 0.396 e. The molecule has 0 radical (unpaired) electrons. The fourth-order valence-corrected chi connectivity index (χ4v) is 2.02. The van der Waals surface area contributed by atoms with Gasteiger partial charge in [0.2, 0.25) is 0 Å². The van der Waals surface area contributed by atoms with E-state index >= 15 is 0 Å². The van der Waals surface area contributed by atoms with Crippen LogP contribution in [0.4, 0.5) is 13.2 Å². The molecule has 0 aromatic rings. The third kappa shape index (κ3) is 12.5. The molecule has 21 heavy (non-hydrogen) atoms. The third-order valence-electron chi connectivity index (χ3n) is 2.89. The summed E-state index contributed by atoms with van der Waals surface area (Å²) in [6, 6.07) is 0. The molecule has 3 N–H and O–H groups in total. The average Bonchev–Trinajstić information content (AvgIpc) is 2.33. The van der Waals surface area contributed by atoms with E-state index in [9.17, 15) is 13.2 Å². The van der Waals surface area contributed by atoms with Crippen molar-refractivity contribution in [3.8, 4) is 0 Å². The maximum atomic E-state index is 12.1. The summed E-state index contributed by atoms with van der Waals surface area (Å²) in [4.78, 5) is 4.32. The number of hydrogen-bond donors (Lipinski definition) is 3. The molecule has 0 fully saturated rings. The zero-order chi connectivity index (χ0) is 16.3. The van der Waals surface area contributed by atoms with Gasteiger partial charge >= 0.3 is 6.18 Å². The van der Waals surface area contributed by atoms with Gasteiger partial charge in [0.1, 0.15) is 0 Å². The molecule has 0 rings (SSSR count). The van der Waals surface area contributed by atoms with Crippen molar-refractivity contribution in [1.82, 2.24) is 10.6 Å². The third-order valence-corrected chi connectivity index (χ3v) is 2.89. The highest BCUT2D eigenvalue weighted by Crippen LogP contribution is 2.18. The van der Waals surface area contributed by atoms with Gasteiger partial charge in [0.15, 0.2) is 5.96 Å². The molecule has 0 aliphatic carbocycles. The first kappa shape index (κ1) is 20.0. The average molecular weight is 311 g/mol. The second-order valence-corrected chi connectivity index (χ2v) is 5.52. The van der Waals surface area contributed by atoms with Crippen molar-refractivity contribution in [2.24, 2.45) is 16.8 Å². The highest BCUT2D eigenvalue weighted by molar-refractivity contribution is 5.79. The molecule has 0 saturated carbocycles. The molecule has 0 saturated heterocycles. The maximum Gasteiger partial charge on any atom is 0.390 e. The number of hydrogen-bond acceptors (Lipinski definition) is 2. The molecular formula is C14H28F3N3O. The van der Waals surface area contributed by atoms with Crippen LogP contribution in [-0.2, 0) is 0 Å². The number of aliphatic hydroxyl groups excluding tert-OH is 1. The first-order valence-corrected chi connectivity index (χ1v) is 7.48. The van der Waals surface area contributed by atoms with Crippen LogP contribution in [0.5, 0.6) is 0 Å². The zero-order valence-corrected chi connectivity index (χ0v) is 13.1. The molecular weight excluding hydrogens is 283 g/mol. The molecule has 1 unspecified atom stereocenters. The van der Waals surface area contributed by atoms with Crippen LogP contribution < -0.4 is 10.6 Å². The molecule has 7 heteroatoms. The summed E-state index contributed by atoms with van der Waals surface area (Å²) in [6.45, 7) is 7.06. The van der Waals surface area contributed by atoms with E-state index in [-0.39, 0.29) is 19.1 Å². The molecule has 0 aliphatic heterocycles. The van der Waals surface area contributed by atoms with Crippen LogP contribution in [0.25, 0.3) is 0 Å². The first-order chi connectivity index (χ1) is 9.78. The first-order valence-electron chi connectivity index (χ1n) is 7.48. The Hall–Kier alpha value is -0.980. The lowest BCUT2D eigenvalue weighted by atomic mass is 9.94. The number of nitrogens with one attached hydrogen (secondary N) is 2. The molecule has 0 heterocycles. The predicted octanol–water partition coefficient (Wildman–Crippen LogP) is 2.54. The van der Waals surface area contributed by atoms with Crippen LogP contribution in [0, 0.1) is 11.8 Å². The van der Waals surface area contributed by atoms with Crippen molar-refractivity contribution in [2.75, 3.05) is 26.2 Å². The van der Waals surface area contributed by atoms with E-state index in [1.54, 1.807) is 0 Å². The van der Waals surface area contributed by atoms with Crippen molar-refractivity contribution >= 4 is 5.96 Å². The Kier molecular flexibility index (Phi) is 10.2. The smallest absolute Gasteiger partial charge is 0.390 e. The van der Waals surface area contributed by atoms with Crippen LogP contribution in [0.1, 0.15) is 40.0 Å². The molecule has 0 aromatic heterocycles. The van der Waals surface area contributed by atoms with E-state index in [4.69, 9.17) is 5.11 Å². The monoisotopic (exact) mass is 311 g/mol. The van der Waals surface area contributed by atoms with Crippen molar-refractivity contribution in [3.05, 3.63) is 0 Å². The Labute approximate surface area is 125 Å². The quantitative estimate of drug-likeness (QED) is 0.453. The van der Waals surface area contributed by atoms with Gasteiger partial charge in [0.05, 0.1) is 6.42 Å². The summed E-state index contributed by atoms with van der Waals surface area (Å²) in [5.41, 5.74) is 0. The molecule has 0 bridgehead atoms. The van der Waals surface area contributed by atoms with Gasteiger partial charge in [-0.3, -0.25) is 4.99 Å². The number of aliphatic imine (C=N–C) groups is 1. The van der Waals surface area contributed by atoms with E-state index in [1.165, 1.54) is 0 Å². The fraction of sp³-hybridized carbons (Fsp3) is 0.929. The summed E-state index contributed by atoms with van der Waals surface area (Å²) in [5, 5.41) is 14.7. The molecule has 0 aliphatic rings. The predicted molar refractivity (Wildman–Crippen MR) is 79.3 cm³/mol. The van der Waals surface area contributed by atoms with Crippen LogP contribution in [0.2, 0.25) is 0 Å². The van der Waals surface area contributed by atoms with Gasteiger partial charge in [-0.15, -0.1) is 0 Å². The fourth-order valence-electron chi connectivity index (χ4n) is 2.02. The Balaban J connectivity index is 4.39. The number of rotatable bonds is 9. The summed E-state index contributed by atoms with van der Waals surface area (Å²) >= 11 is 0. The lowest BCUT2D eigenvalue weighted by molar-refractivity contribution is -0.132. The normalized spacial score (nSPS) is 14.4. The summed E-state index contributed by atoms with van der Waals surface area (Å²) < 4.78 is 36.4. The van der Waals surface area contributed by atoms with Crippen LogP contribution in [-0.4, -0.2) is 43.5 Å². The van der Waals surface area contributed by atoms with E-state index in [0.29, 0.717) is 31.4 Å². The van der Waals surface area contributed by atoms with Gasteiger partial charge in [-0.1, -0.05) is 13.8 Å². The molecule has 0 spiro atoms. The van der Waals surface area contributed by atoms with Crippen molar-refractivity contribution in [3.63, 3.8) is 0 Å². The second kappa shape index (κ2) is 10.7. The Morgan fingerprint density at radius 2 is 1.90 bits per heavy atom. The molecule has 126 valence electrons. The lowest BCUT2D eigenvalue weighted by Gasteiger charge is -2.17. The van der Waals surface area contributed by atoms with E-state index in [0.717, 1.165) is 6.42 Å². The van der Waals surface area contributed by atoms with Gasteiger partial charge in [0.25, 0.3) is 0 Å². The van der Waals surface area contributed by atoms with Crippen molar-refractivity contribution < 1.29 is 18.3 Å². The minimum absolute atomic E-state index is 0.102. The van der Waals surface area contributed by atoms with Gasteiger partial charge in [-0.25, -0.2) is 0 Å². The van der Waals surface area contributed by atoms with E-state index in [2.05, 4.69) is 29.5 Å². The van der Waals surface area contributed by atoms with Crippen LogP contribution in [0.15, 0.2) is 4.99 Å². The van der Waals surface area contributed by atoms with Crippen LogP contribution in [0.3, 0.4) is 0 Å². The minimum atomic E-state index is -4.17. The molecule has 4 nitrogen and oxygen atoms in total.